The van der Waals surface area contributed by atoms with Crippen molar-refractivity contribution >= 4 is 37.7 Å². The molecule has 1 heterocycles. The largest absolute Gasteiger partial charge is 0.523 e. The van der Waals surface area contributed by atoms with Gasteiger partial charge >= 0.3 is 21.6 Å². The lowest BCUT2D eigenvalue weighted by Crippen LogP contribution is -2.52. The molecule has 0 amide bonds. The number of halogens is 4. The van der Waals surface area contributed by atoms with E-state index in [0.29, 0.717) is 10.0 Å². The van der Waals surface area contributed by atoms with E-state index in [2.05, 4.69) is 30.0 Å². The number of carbonyl (C=O) groups is 1. The third-order valence-corrected chi connectivity index (χ3v) is 5.43. The van der Waals surface area contributed by atoms with Crippen LogP contribution in [0.2, 0.25) is 0 Å². The van der Waals surface area contributed by atoms with Crippen molar-refractivity contribution in [3.63, 3.8) is 0 Å². The van der Waals surface area contributed by atoms with Crippen LogP contribution in [-0.2, 0) is 28.7 Å². The summed E-state index contributed by atoms with van der Waals surface area (Å²) in [7, 11) is -4.97. The Hall–Kier alpha value is -1.66. The Kier molecular flexibility index (Phi) is 5.93. The lowest BCUT2D eigenvalue weighted by molar-refractivity contribution is -0.178. The molecule has 0 bridgehead atoms. The fourth-order valence-corrected chi connectivity index (χ4v) is 3.75. The molecule has 1 aromatic carbocycles. The van der Waals surface area contributed by atoms with Crippen LogP contribution in [0.15, 0.2) is 27.8 Å². The van der Waals surface area contributed by atoms with Crippen molar-refractivity contribution < 1.29 is 40.1 Å². The second kappa shape index (κ2) is 7.40. The van der Waals surface area contributed by atoms with Crippen molar-refractivity contribution in [1.29, 1.82) is 0 Å². The molecule has 1 aliphatic heterocycles. The summed E-state index contributed by atoms with van der Waals surface area (Å²) in [5.41, 5.74) is -6.22. The minimum absolute atomic E-state index is 0.227. The summed E-state index contributed by atoms with van der Waals surface area (Å²) in [6, 6.07) is 5.20. The second-order valence-corrected chi connectivity index (χ2v) is 8.32. The molecule has 7 nitrogen and oxygen atoms in total. The molecule has 2 atom stereocenters. The molecule has 150 valence electrons. The quantitative estimate of drug-likeness (QED) is 0.370. The Morgan fingerprint density at radius 2 is 2.00 bits per heavy atom. The Labute approximate surface area is 161 Å². The van der Waals surface area contributed by atoms with E-state index in [9.17, 15) is 26.4 Å². The first-order valence-corrected chi connectivity index (χ1v) is 9.63. The molecule has 12 heteroatoms. The van der Waals surface area contributed by atoms with Crippen LogP contribution in [0.4, 0.5) is 13.2 Å². The Balaban J connectivity index is 2.36. The molecule has 0 aromatic heterocycles. The van der Waals surface area contributed by atoms with Crippen LogP contribution in [0, 0.1) is 6.92 Å². The van der Waals surface area contributed by atoms with Crippen LogP contribution >= 0.6 is 15.9 Å². The maximum Gasteiger partial charge on any atom is 0.523 e. The maximum absolute atomic E-state index is 12.6. The molecule has 0 N–H and O–H groups in total. The van der Waals surface area contributed by atoms with Gasteiger partial charge in [0.05, 0.1) is 19.2 Å². The SMILES string of the molecule is COC(=O)C1(C(C)OS(=O)(=O)C(F)(F)F)CC(c2cc(C)cc(Br)c2)=NO1. The van der Waals surface area contributed by atoms with Gasteiger partial charge in [0.1, 0.15) is 6.10 Å². The van der Waals surface area contributed by atoms with Gasteiger partial charge in [-0.1, -0.05) is 27.2 Å². The van der Waals surface area contributed by atoms with Crippen LogP contribution in [0.1, 0.15) is 24.5 Å². The van der Waals surface area contributed by atoms with Gasteiger partial charge in [0, 0.05) is 10.0 Å². The molecule has 0 spiro atoms. The lowest BCUT2D eigenvalue weighted by Gasteiger charge is -2.29. The molecule has 2 rings (SSSR count). The monoisotopic (exact) mass is 473 g/mol. The fourth-order valence-electron chi connectivity index (χ4n) is 2.50. The number of methoxy groups -OCH3 is 1. The van der Waals surface area contributed by atoms with Gasteiger partial charge in [0.2, 0.25) is 0 Å². The Bertz CT molecular complexity index is 866. The highest BCUT2D eigenvalue weighted by atomic mass is 79.9. The number of esters is 1. The van der Waals surface area contributed by atoms with Crippen LogP contribution in [0.5, 0.6) is 0 Å². The highest BCUT2D eigenvalue weighted by molar-refractivity contribution is 9.10. The number of carbonyl (C=O) groups excluding carboxylic acids is 1. The lowest BCUT2D eigenvalue weighted by atomic mass is 9.89. The average molecular weight is 474 g/mol. The molecule has 0 saturated carbocycles. The number of hydrogen-bond donors (Lipinski definition) is 0. The topological polar surface area (TPSA) is 91.3 Å². The van der Waals surface area contributed by atoms with Gasteiger partial charge in [-0.05, 0) is 31.5 Å². The van der Waals surface area contributed by atoms with E-state index < -0.39 is 33.3 Å². The zero-order valence-corrected chi connectivity index (χ0v) is 16.7. The van der Waals surface area contributed by atoms with E-state index in [1.807, 2.05) is 6.07 Å². The molecule has 0 fully saturated rings. The first-order valence-electron chi connectivity index (χ1n) is 7.43. The first kappa shape index (κ1) is 21.6. The number of oxime groups is 1. The highest BCUT2D eigenvalue weighted by Gasteiger charge is 2.58. The number of ether oxygens (including phenoxy) is 1. The van der Waals surface area contributed by atoms with Gasteiger partial charge in [-0.25, -0.2) is 4.79 Å². The number of hydrogen-bond acceptors (Lipinski definition) is 7. The van der Waals surface area contributed by atoms with E-state index in [1.165, 1.54) is 0 Å². The number of aryl methyl sites for hydroxylation is 1. The standard InChI is InChI=1S/C15H15BrF3NO6S/c1-8-4-10(6-11(16)5-8)12-7-14(26-20-12,13(21)24-3)9(2)25-27(22,23)15(17,18)19/h4-6,9H,7H2,1-3H3. The van der Waals surface area contributed by atoms with Crippen molar-refractivity contribution in [2.45, 2.75) is 37.5 Å². The predicted molar refractivity (Wildman–Crippen MR) is 91.4 cm³/mol. The van der Waals surface area contributed by atoms with E-state index in [-0.39, 0.29) is 12.1 Å². The minimum Gasteiger partial charge on any atom is -0.466 e. The molecular weight excluding hydrogens is 459 g/mol. The third kappa shape index (κ3) is 4.27. The maximum atomic E-state index is 12.6. The van der Waals surface area contributed by atoms with Gasteiger partial charge in [0.25, 0.3) is 5.60 Å². The molecule has 2 unspecified atom stereocenters. The molecule has 0 aliphatic carbocycles. The predicted octanol–water partition coefficient (Wildman–Crippen LogP) is 3.05. The zero-order chi connectivity index (χ0) is 20.6. The third-order valence-electron chi connectivity index (χ3n) is 3.87. The van der Waals surface area contributed by atoms with Crippen molar-refractivity contribution in [3.8, 4) is 0 Å². The second-order valence-electron chi connectivity index (χ2n) is 5.84. The number of rotatable bonds is 5. The number of nitrogens with zero attached hydrogens (tertiary/aromatic N) is 1. The van der Waals surface area contributed by atoms with Gasteiger partial charge in [0.15, 0.2) is 0 Å². The van der Waals surface area contributed by atoms with Crippen molar-refractivity contribution in [2.24, 2.45) is 5.16 Å². The summed E-state index contributed by atoms with van der Waals surface area (Å²) in [5.74, 6) is -1.11. The van der Waals surface area contributed by atoms with Gasteiger partial charge in [-0.3, -0.25) is 4.18 Å². The van der Waals surface area contributed by atoms with E-state index >= 15 is 0 Å². The summed E-state index contributed by atoms with van der Waals surface area (Å²) in [6.45, 7) is 2.77. The summed E-state index contributed by atoms with van der Waals surface area (Å²) in [6.07, 6.45) is -2.20. The summed E-state index contributed by atoms with van der Waals surface area (Å²) >= 11 is 3.31. The van der Waals surface area contributed by atoms with Gasteiger partial charge in [-0.15, -0.1) is 0 Å². The normalized spacial score (nSPS) is 21.4. The molecular formula is C15H15BrF3NO6S. The van der Waals surface area contributed by atoms with Crippen molar-refractivity contribution in [3.05, 3.63) is 33.8 Å². The van der Waals surface area contributed by atoms with Crippen molar-refractivity contribution in [2.75, 3.05) is 7.11 Å². The van der Waals surface area contributed by atoms with Crippen LogP contribution < -0.4 is 0 Å². The Morgan fingerprint density at radius 3 is 2.52 bits per heavy atom. The van der Waals surface area contributed by atoms with Crippen molar-refractivity contribution in [1.82, 2.24) is 0 Å². The molecule has 1 aromatic rings. The minimum atomic E-state index is -5.96. The fraction of sp³-hybridized carbons (Fsp3) is 0.467. The van der Waals surface area contributed by atoms with Crippen LogP contribution in [0.25, 0.3) is 0 Å². The molecule has 0 radical (unpaired) electrons. The summed E-state index contributed by atoms with van der Waals surface area (Å²) in [5, 5.41) is 3.76. The van der Waals surface area contributed by atoms with Crippen LogP contribution in [-0.4, -0.2) is 44.4 Å². The molecule has 0 saturated heterocycles. The molecule has 27 heavy (non-hydrogen) atoms. The van der Waals surface area contributed by atoms with Gasteiger partial charge < -0.3 is 9.57 Å². The van der Waals surface area contributed by atoms with E-state index in [1.54, 1.807) is 19.1 Å². The highest BCUT2D eigenvalue weighted by Crippen LogP contribution is 2.36. The van der Waals surface area contributed by atoms with Crippen LogP contribution in [0.3, 0.4) is 0 Å². The average Bonchev–Trinajstić information content (AvgIpc) is 2.98. The zero-order valence-electron chi connectivity index (χ0n) is 14.3. The molecule has 1 aliphatic rings. The summed E-state index contributed by atoms with van der Waals surface area (Å²) in [4.78, 5) is 17.3. The number of benzene rings is 1. The summed E-state index contributed by atoms with van der Waals surface area (Å²) < 4.78 is 70.0. The number of alkyl halides is 3. The van der Waals surface area contributed by atoms with E-state index in [0.717, 1.165) is 19.6 Å². The van der Waals surface area contributed by atoms with Gasteiger partial charge in [-0.2, -0.15) is 21.6 Å². The smallest absolute Gasteiger partial charge is 0.466 e. The van der Waals surface area contributed by atoms with E-state index in [4.69, 9.17) is 4.84 Å². The Morgan fingerprint density at radius 1 is 1.37 bits per heavy atom. The first-order chi connectivity index (χ1) is 12.3.